The van der Waals surface area contributed by atoms with E-state index < -0.39 is 0 Å². The smallest absolute Gasteiger partial charge is 0.275 e. The number of anilines is 2. The second kappa shape index (κ2) is 10.8. The fraction of sp³-hybridized carbons (Fsp3) is 0.269. The van der Waals surface area contributed by atoms with E-state index in [1.807, 2.05) is 43.3 Å². The van der Waals surface area contributed by atoms with E-state index in [2.05, 4.69) is 30.4 Å². The van der Waals surface area contributed by atoms with E-state index in [0.29, 0.717) is 40.5 Å². The van der Waals surface area contributed by atoms with Crippen molar-refractivity contribution in [2.24, 2.45) is 11.7 Å². The van der Waals surface area contributed by atoms with E-state index >= 15 is 0 Å². The number of rotatable bonds is 7. The molecule has 3 aromatic heterocycles. The summed E-state index contributed by atoms with van der Waals surface area (Å²) in [7, 11) is 0. The van der Waals surface area contributed by atoms with Gasteiger partial charge in [0.15, 0.2) is 0 Å². The summed E-state index contributed by atoms with van der Waals surface area (Å²) in [5.41, 5.74) is 9.76. The summed E-state index contributed by atoms with van der Waals surface area (Å²) in [5.74, 6) is 1.34. The molecule has 184 valence electrons. The average molecular weight is 502 g/mol. The molecule has 1 aromatic carbocycles. The summed E-state index contributed by atoms with van der Waals surface area (Å²) in [6, 6.07) is 11.1. The number of nitrogens with zero attached hydrogens (tertiary/aromatic N) is 5. The van der Waals surface area contributed by atoms with E-state index in [9.17, 15) is 4.79 Å². The standard InChI is InChI=1S/C26H27N7O2S/c1-17-22(35-23-6-2-3-10-28-23)8-7-20(24(17)33-12-4-5-18(13-27)15-33)31-25(34)21-16-36-26(32-21)19-9-11-29-30-14-19/h2-3,6-11,14,16,18H,4-5,12-13,15,27H2,1H3,(H,31,34)/t18-/m0/s1. The fourth-order valence-corrected chi connectivity index (χ4v) is 5.19. The van der Waals surface area contributed by atoms with Gasteiger partial charge in [0, 0.05) is 41.9 Å². The van der Waals surface area contributed by atoms with Crippen LogP contribution in [0.15, 0.2) is 60.4 Å². The van der Waals surface area contributed by atoms with E-state index in [1.54, 1.807) is 24.0 Å². The highest BCUT2D eigenvalue weighted by Gasteiger charge is 2.25. The van der Waals surface area contributed by atoms with Crippen molar-refractivity contribution in [1.82, 2.24) is 20.2 Å². The van der Waals surface area contributed by atoms with Gasteiger partial charge in [0.25, 0.3) is 5.91 Å². The Morgan fingerprint density at radius 3 is 2.92 bits per heavy atom. The minimum Gasteiger partial charge on any atom is -0.439 e. The summed E-state index contributed by atoms with van der Waals surface area (Å²) in [4.78, 5) is 24.3. The molecule has 1 amide bonds. The Kier molecular flexibility index (Phi) is 7.15. The minimum atomic E-state index is -0.272. The number of pyridine rings is 1. The summed E-state index contributed by atoms with van der Waals surface area (Å²) in [6.45, 7) is 4.34. The number of piperidine rings is 1. The number of ether oxygens (including phenoxy) is 1. The normalized spacial score (nSPS) is 15.5. The molecule has 10 heteroatoms. The number of amides is 1. The molecule has 0 radical (unpaired) electrons. The number of nitrogens with one attached hydrogen (secondary N) is 1. The van der Waals surface area contributed by atoms with Crippen LogP contribution in [0.1, 0.15) is 28.9 Å². The molecule has 0 aliphatic carbocycles. The molecule has 0 unspecified atom stereocenters. The van der Waals surface area contributed by atoms with Crippen LogP contribution in [0.2, 0.25) is 0 Å². The minimum absolute atomic E-state index is 0.272. The lowest BCUT2D eigenvalue weighted by Gasteiger charge is -2.36. The fourth-order valence-electron chi connectivity index (χ4n) is 4.40. The van der Waals surface area contributed by atoms with Crippen LogP contribution >= 0.6 is 11.3 Å². The van der Waals surface area contributed by atoms with Crippen molar-refractivity contribution in [1.29, 1.82) is 0 Å². The summed E-state index contributed by atoms with van der Waals surface area (Å²) in [5, 5.41) is 13.2. The average Bonchev–Trinajstić information content (AvgIpc) is 3.42. The summed E-state index contributed by atoms with van der Waals surface area (Å²) in [6.07, 6.45) is 7.07. The topological polar surface area (TPSA) is 119 Å². The third-order valence-electron chi connectivity index (χ3n) is 6.22. The van der Waals surface area contributed by atoms with Gasteiger partial charge in [-0.25, -0.2) is 9.97 Å². The Bertz CT molecular complexity index is 1330. The highest BCUT2D eigenvalue weighted by Crippen LogP contribution is 2.39. The van der Waals surface area contributed by atoms with Crippen LogP contribution in [-0.4, -0.2) is 45.7 Å². The molecular weight excluding hydrogens is 474 g/mol. The number of thiazole rings is 1. The summed E-state index contributed by atoms with van der Waals surface area (Å²) < 4.78 is 6.09. The van der Waals surface area contributed by atoms with Crippen molar-refractivity contribution in [3.05, 3.63) is 71.6 Å². The van der Waals surface area contributed by atoms with Gasteiger partial charge in [-0.3, -0.25) is 4.79 Å². The summed E-state index contributed by atoms with van der Waals surface area (Å²) >= 11 is 1.39. The molecule has 1 saturated heterocycles. The predicted octanol–water partition coefficient (Wildman–Crippen LogP) is 4.52. The molecule has 1 fully saturated rings. The number of benzene rings is 1. The number of hydrogen-bond donors (Lipinski definition) is 2. The molecule has 1 atom stereocenters. The third kappa shape index (κ3) is 5.19. The second-order valence-electron chi connectivity index (χ2n) is 8.67. The van der Waals surface area contributed by atoms with Crippen molar-refractivity contribution in [2.75, 3.05) is 29.9 Å². The number of aromatic nitrogens is 4. The predicted molar refractivity (Wildman–Crippen MR) is 141 cm³/mol. The highest BCUT2D eigenvalue weighted by atomic mass is 32.1. The van der Waals surface area contributed by atoms with Crippen molar-refractivity contribution in [3.63, 3.8) is 0 Å². The van der Waals surface area contributed by atoms with E-state index in [0.717, 1.165) is 42.7 Å². The van der Waals surface area contributed by atoms with Crippen molar-refractivity contribution >= 4 is 28.6 Å². The highest BCUT2D eigenvalue weighted by molar-refractivity contribution is 7.13. The van der Waals surface area contributed by atoms with Gasteiger partial charge in [0.1, 0.15) is 16.5 Å². The van der Waals surface area contributed by atoms with E-state index in [-0.39, 0.29) is 5.91 Å². The lowest BCUT2D eigenvalue weighted by molar-refractivity contribution is 0.102. The molecule has 5 rings (SSSR count). The van der Waals surface area contributed by atoms with Gasteiger partial charge < -0.3 is 20.7 Å². The molecule has 9 nitrogen and oxygen atoms in total. The first kappa shape index (κ1) is 23.8. The van der Waals surface area contributed by atoms with Crippen LogP contribution in [0.25, 0.3) is 10.6 Å². The quantitative estimate of drug-likeness (QED) is 0.379. The Morgan fingerprint density at radius 2 is 2.14 bits per heavy atom. The second-order valence-corrected chi connectivity index (χ2v) is 9.53. The Labute approximate surface area is 213 Å². The molecule has 36 heavy (non-hydrogen) atoms. The first-order valence-corrected chi connectivity index (χ1v) is 12.7. The van der Waals surface area contributed by atoms with Gasteiger partial charge >= 0.3 is 0 Å². The number of carbonyl (C=O) groups excluding carboxylic acids is 1. The van der Waals surface area contributed by atoms with Crippen molar-refractivity contribution < 1.29 is 9.53 Å². The van der Waals surface area contributed by atoms with Crippen LogP contribution in [0.3, 0.4) is 0 Å². The van der Waals surface area contributed by atoms with E-state index in [1.165, 1.54) is 11.3 Å². The Hall–Kier alpha value is -3.89. The molecule has 0 spiro atoms. The first-order chi connectivity index (χ1) is 17.6. The van der Waals surface area contributed by atoms with Crippen LogP contribution in [0.4, 0.5) is 11.4 Å². The molecule has 4 heterocycles. The zero-order valence-corrected chi connectivity index (χ0v) is 20.7. The van der Waals surface area contributed by atoms with Gasteiger partial charge in [-0.05, 0) is 56.5 Å². The molecule has 0 bridgehead atoms. The first-order valence-electron chi connectivity index (χ1n) is 11.8. The molecule has 1 aliphatic rings. The molecule has 0 saturated carbocycles. The maximum absolute atomic E-state index is 13.2. The lowest BCUT2D eigenvalue weighted by atomic mass is 9.96. The molecule has 3 N–H and O–H groups in total. The van der Waals surface area contributed by atoms with Crippen LogP contribution in [0, 0.1) is 12.8 Å². The zero-order chi connectivity index (χ0) is 24.9. The van der Waals surface area contributed by atoms with Gasteiger partial charge in [0.2, 0.25) is 5.88 Å². The Morgan fingerprint density at radius 1 is 1.22 bits per heavy atom. The number of carbonyl (C=O) groups is 1. The molecule has 4 aromatic rings. The third-order valence-corrected chi connectivity index (χ3v) is 7.11. The molecular formula is C26H27N7O2S. The maximum atomic E-state index is 13.2. The van der Waals surface area contributed by atoms with Gasteiger partial charge in [-0.2, -0.15) is 10.2 Å². The van der Waals surface area contributed by atoms with Crippen molar-refractivity contribution in [2.45, 2.75) is 19.8 Å². The van der Waals surface area contributed by atoms with E-state index in [4.69, 9.17) is 10.5 Å². The lowest BCUT2D eigenvalue weighted by Crippen LogP contribution is -2.39. The zero-order valence-electron chi connectivity index (χ0n) is 19.9. The SMILES string of the molecule is Cc1c(Oc2ccccn2)ccc(NC(=O)c2csc(-c3ccnnc3)n2)c1N1CCC[C@@H](CN)C1. The van der Waals surface area contributed by atoms with Gasteiger partial charge in [-0.1, -0.05) is 6.07 Å². The van der Waals surface area contributed by atoms with Crippen LogP contribution < -0.4 is 20.7 Å². The molecule has 1 aliphatic heterocycles. The number of hydrogen-bond acceptors (Lipinski definition) is 9. The largest absolute Gasteiger partial charge is 0.439 e. The maximum Gasteiger partial charge on any atom is 0.275 e. The van der Waals surface area contributed by atoms with Crippen LogP contribution in [-0.2, 0) is 0 Å². The van der Waals surface area contributed by atoms with Gasteiger partial charge in [0.05, 0.1) is 23.8 Å². The number of nitrogens with two attached hydrogens (primary N) is 1. The van der Waals surface area contributed by atoms with Crippen LogP contribution in [0.5, 0.6) is 11.6 Å². The monoisotopic (exact) mass is 501 g/mol. The van der Waals surface area contributed by atoms with Crippen molar-refractivity contribution in [3.8, 4) is 22.2 Å². The Balaban J connectivity index is 1.45. The van der Waals surface area contributed by atoms with Gasteiger partial charge in [-0.15, -0.1) is 11.3 Å².